The first-order valence-corrected chi connectivity index (χ1v) is 9.43. The highest BCUT2D eigenvalue weighted by Crippen LogP contribution is 2.23. The fourth-order valence-electron chi connectivity index (χ4n) is 3.39. The van der Waals surface area contributed by atoms with Gasteiger partial charge in [0, 0.05) is 25.2 Å². The molecule has 0 spiro atoms. The van der Waals surface area contributed by atoms with E-state index in [1.165, 1.54) is 4.57 Å². The highest BCUT2D eigenvalue weighted by atomic mass is 16.2. The maximum Gasteiger partial charge on any atom is 0.332 e. The Hall–Kier alpha value is -2.63. The molecule has 0 saturated carbocycles. The molecular weight excluding hydrogens is 328 g/mol. The molecule has 0 aliphatic carbocycles. The number of hydrogen-bond acceptors (Lipinski definition) is 3. The van der Waals surface area contributed by atoms with Crippen LogP contribution < -0.4 is 11.2 Å². The summed E-state index contributed by atoms with van der Waals surface area (Å²) in [7, 11) is 0. The first-order valence-electron chi connectivity index (χ1n) is 9.43. The quantitative estimate of drug-likeness (QED) is 0.654. The van der Waals surface area contributed by atoms with Crippen molar-refractivity contribution in [3.05, 3.63) is 51.2 Å². The number of imidazole rings is 1. The zero-order valence-corrected chi connectivity index (χ0v) is 15.7. The number of hydrogen-bond donors (Lipinski definition) is 0. The molecule has 0 aliphatic rings. The summed E-state index contributed by atoms with van der Waals surface area (Å²) in [5.41, 5.74) is 1.50. The van der Waals surface area contributed by atoms with E-state index < -0.39 is 0 Å². The number of aryl methyl sites for hydroxylation is 2. The van der Waals surface area contributed by atoms with Crippen LogP contribution >= 0.6 is 0 Å². The number of rotatable bonds is 7. The molecule has 3 aromatic rings. The SMILES string of the molecule is CCCn1c(=O)c2c(nc(-c3ccccc3)n2CCC)n(CCC)c1=O. The van der Waals surface area contributed by atoms with Crippen molar-refractivity contribution in [2.24, 2.45) is 0 Å². The minimum Gasteiger partial charge on any atom is -0.318 e. The average Bonchev–Trinajstić information content (AvgIpc) is 3.03. The maximum absolute atomic E-state index is 13.1. The van der Waals surface area contributed by atoms with Gasteiger partial charge in [-0.05, 0) is 19.3 Å². The molecule has 2 heterocycles. The molecule has 0 amide bonds. The Morgan fingerprint density at radius 1 is 0.808 bits per heavy atom. The van der Waals surface area contributed by atoms with Crippen LogP contribution in [0.5, 0.6) is 0 Å². The molecule has 6 heteroatoms. The number of nitrogens with zero attached hydrogens (tertiary/aromatic N) is 4. The van der Waals surface area contributed by atoms with Gasteiger partial charge in [-0.2, -0.15) is 0 Å². The lowest BCUT2D eigenvalue weighted by atomic mass is 10.2. The topological polar surface area (TPSA) is 61.8 Å². The van der Waals surface area contributed by atoms with Gasteiger partial charge in [0.05, 0.1) is 0 Å². The summed E-state index contributed by atoms with van der Waals surface area (Å²) in [4.78, 5) is 30.8. The monoisotopic (exact) mass is 354 g/mol. The van der Waals surface area contributed by atoms with Gasteiger partial charge in [-0.1, -0.05) is 51.1 Å². The molecule has 138 valence electrons. The summed E-state index contributed by atoms with van der Waals surface area (Å²) < 4.78 is 5.00. The second-order valence-corrected chi connectivity index (χ2v) is 6.52. The molecule has 0 radical (unpaired) electrons. The van der Waals surface area contributed by atoms with Crippen LogP contribution in [-0.2, 0) is 19.6 Å². The minimum atomic E-state index is -0.257. The second-order valence-electron chi connectivity index (χ2n) is 6.52. The van der Waals surface area contributed by atoms with Crippen LogP contribution in [0.1, 0.15) is 40.0 Å². The van der Waals surface area contributed by atoms with E-state index in [0.717, 1.165) is 30.7 Å². The molecule has 0 atom stereocenters. The van der Waals surface area contributed by atoms with Crippen LogP contribution in [0.15, 0.2) is 39.9 Å². The van der Waals surface area contributed by atoms with E-state index in [-0.39, 0.29) is 11.2 Å². The Morgan fingerprint density at radius 2 is 1.38 bits per heavy atom. The van der Waals surface area contributed by atoms with E-state index in [2.05, 4.69) is 6.92 Å². The normalized spacial score (nSPS) is 11.3. The van der Waals surface area contributed by atoms with E-state index in [0.29, 0.717) is 30.8 Å². The van der Waals surface area contributed by atoms with Crippen LogP contribution in [0.25, 0.3) is 22.6 Å². The number of fused-ring (bicyclic) bond motifs is 1. The Morgan fingerprint density at radius 3 is 2.00 bits per heavy atom. The predicted molar refractivity (Wildman–Crippen MR) is 105 cm³/mol. The summed E-state index contributed by atoms with van der Waals surface area (Å²) >= 11 is 0. The highest BCUT2D eigenvalue weighted by molar-refractivity contribution is 5.77. The standard InChI is InChI=1S/C20H26N4O2/c1-4-12-22-16-18(21-17(22)15-10-8-7-9-11-15)23(13-5-2)20(26)24(14-6-3)19(16)25/h7-11H,4-6,12-14H2,1-3H3. The van der Waals surface area contributed by atoms with Crippen LogP contribution in [-0.4, -0.2) is 18.7 Å². The fourth-order valence-corrected chi connectivity index (χ4v) is 3.39. The average molecular weight is 354 g/mol. The Labute approximate surface area is 152 Å². The van der Waals surface area contributed by atoms with Crippen molar-refractivity contribution in [2.75, 3.05) is 0 Å². The molecule has 0 N–H and O–H groups in total. The van der Waals surface area contributed by atoms with Gasteiger partial charge in [-0.15, -0.1) is 0 Å². The van der Waals surface area contributed by atoms with Crippen molar-refractivity contribution in [1.29, 1.82) is 0 Å². The number of benzene rings is 1. The van der Waals surface area contributed by atoms with Crippen molar-refractivity contribution < 1.29 is 0 Å². The van der Waals surface area contributed by atoms with Gasteiger partial charge in [0.25, 0.3) is 5.56 Å². The largest absolute Gasteiger partial charge is 0.332 e. The van der Waals surface area contributed by atoms with Crippen molar-refractivity contribution in [1.82, 2.24) is 18.7 Å². The van der Waals surface area contributed by atoms with Crippen LogP contribution in [0.2, 0.25) is 0 Å². The summed E-state index contributed by atoms with van der Waals surface area (Å²) in [5, 5.41) is 0. The van der Waals surface area contributed by atoms with E-state index in [1.807, 2.05) is 48.7 Å². The van der Waals surface area contributed by atoms with E-state index in [1.54, 1.807) is 4.57 Å². The molecule has 0 bridgehead atoms. The van der Waals surface area contributed by atoms with E-state index in [4.69, 9.17) is 4.98 Å². The molecule has 0 aliphatic heterocycles. The predicted octanol–water partition coefficient (Wildman–Crippen LogP) is 3.26. The van der Waals surface area contributed by atoms with E-state index in [9.17, 15) is 9.59 Å². The summed E-state index contributed by atoms with van der Waals surface area (Å²) in [5.74, 6) is 0.748. The van der Waals surface area contributed by atoms with Gasteiger partial charge in [0.1, 0.15) is 5.82 Å². The first-order chi connectivity index (χ1) is 12.6. The number of aromatic nitrogens is 4. The van der Waals surface area contributed by atoms with Crippen molar-refractivity contribution in [3.63, 3.8) is 0 Å². The lowest BCUT2D eigenvalue weighted by Gasteiger charge is -2.11. The molecule has 0 fully saturated rings. The highest BCUT2D eigenvalue weighted by Gasteiger charge is 2.21. The third-order valence-corrected chi connectivity index (χ3v) is 4.49. The van der Waals surface area contributed by atoms with Gasteiger partial charge in [0.15, 0.2) is 11.2 Å². The summed E-state index contributed by atoms with van der Waals surface area (Å²) in [6.45, 7) is 7.74. The molecule has 2 aromatic heterocycles. The first kappa shape index (κ1) is 18.2. The molecule has 0 unspecified atom stereocenters. The van der Waals surface area contributed by atoms with Crippen LogP contribution in [0, 0.1) is 0 Å². The van der Waals surface area contributed by atoms with Crippen molar-refractivity contribution in [3.8, 4) is 11.4 Å². The van der Waals surface area contributed by atoms with Crippen molar-refractivity contribution in [2.45, 2.75) is 59.7 Å². The fraction of sp³-hybridized carbons (Fsp3) is 0.450. The third kappa shape index (κ3) is 3.00. The smallest absolute Gasteiger partial charge is 0.318 e. The molecular formula is C20H26N4O2. The summed E-state index contributed by atoms with van der Waals surface area (Å²) in [6.07, 6.45) is 2.42. The Bertz CT molecular complexity index is 1010. The Kier molecular flexibility index (Phi) is 5.40. The maximum atomic E-state index is 13.1. The zero-order chi connectivity index (χ0) is 18.7. The Balaban J connectivity index is 2.44. The molecule has 3 rings (SSSR count). The zero-order valence-electron chi connectivity index (χ0n) is 15.7. The summed E-state index contributed by atoms with van der Waals surface area (Å²) in [6, 6.07) is 9.84. The van der Waals surface area contributed by atoms with Gasteiger partial charge in [-0.3, -0.25) is 13.9 Å². The molecule has 1 aromatic carbocycles. The second kappa shape index (κ2) is 7.72. The van der Waals surface area contributed by atoms with Gasteiger partial charge < -0.3 is 4.57 Å². The van der Waals surface area contributed by atoms with Crippen LogP contribution in [0.4, 0.5) is 0 Å². The molecule has 26 heavy (non-hydrogen) atoms. The van der Waals surface area contributed by atoms with Gasteiger partial charge in [-0.25, -0.2) is 9.78 Å². The van der Waals surface area contributed by atoms with Gasteiger partial charge >= 0.3 is 5.69 Å². The van der Waals surface area contributed by atoms with Gasteiger partial charge in [0.2, 0.25) is 0 Å². The van der Waals surface area contributed by atoms with Crippen molar-refractivity contribution >= 4 is 11.2 Å². The minimum absolute atomic E-state index is 0.234. The molecule has 0 saturated heterocycles. The molecule has 6 nitrogen and oxygen atoms in total. The lowest BCUT2D eigenvalue weighted by Crippen LogP contribution is -2.40. The third-order valence-electron chi connectivity index (χ3n) is 4.49. The van der Waals surface area contributed by atoms with E-state index >= 15 is 0 Å². The van der Waals surface area contributed by atoms with Crippen LogP contribution in [0.3, 0.4) is 0 Å². The lowest BCUT2D eigenvalue weighted by molar-refractivity contribution is 0.553.